The van der Waals surface area contributed by atoms with Gasteiger partial charge in [0.2, 0.25) is 5.91 Å². The van der Waals surface area contributed by atoms with Crippen molar-refractivity contribution in [3.8, 4) is 0 Å². The Kier molecular flexibility index (Phi) is 42.9. The van der Waals surface area contributed by atoms with Crippen LogP contribution in [0.15, 0.2) is 85.1 Å². The highest BCUT2D eigenvalue weighted by molar-refractivity contribution is 5.76. The summed E-state index contributed by atoms with van der Waals surface area (Å²) < 4.78 is 11.2. The molecule has 1 saturated heterocycles. The summed E-state index contributed by atoms with van der Waals surface area (Å²) in [6.07, 6.45) is 57.8. The molecule has 7 unspecified atom stereocenters. The van der Waals surface area contributed by atoms with Crippen LogP contribution in [0.5, 0.6) is 0 Å². The Balaban J connectivity index is 2.22. The fourth-order valence-corrected chi connectivity index (χ4v) is 7.96. The molecule has 0 aliphatic carbocycles. The first-order valence-corrected chi connectivity index (χ1v) is 26.8. The van der Waals surface area contributed by atoms with E-state index in [1.807, 2.05) is 6.08 Å². The second-order valence-corrected chi connectivity index (χ2v) is 18.3. The SMILES string of the molecule is CC/C=C\C/C=C\C/C=C\C/C=C\C/C=C\CCCCCCCCCCCCCCCC(=O)NC(COC1OC(CO)C(O)C(O)C1O)C(O)/C=C/CC/C=C/CCCCCCCCCC. The second-order valence-electron chi connectivity index (χ2n) is 18.3. The maximum absolute atomic E-state index is 13.0. The van der Waals surface area contributed by atoms with Crippen LogP contribution in [0.1, 0.15) is 213 Å². The number of hydrogen-bond acceptors (Lipinski definition) is 8. The standard InChI is InChI=1S/C57H99NO8/c1-3-5-7-9-11-13-15-17-19-20-21-22-23-24-25-26-27-28-29-30-31-32-33-35-37-39-41-43-45-47-53(61)58-50(49-65-57-56(64)55(63)54(62)52(48-59)66-57)51(60)46-44-42-40-38-36-34-18-16-14-12-10-8-6-4-2/h5,7,11,13,17,19,21-22,24-25,36,38,44,46,50-52,54-57,59-60,62-64H,3-4,6,8-10,12,14-16,18,20,23,26-35,37,39-43,45,47-49H2,1-2H3,(H,58,61)/b7-5-,13-11-,19-17-,22-21-,25-24-,38-36+,46-44+. The predicted molar refractivity (Wildman–Crippen MR) is 276 cm³/mol. The molecule has 1 amide bonds. The lowest BCUT2D eigenvalue weighted by molar-refractivity contribution is -0.302. The number of ether oxygens (including phenoxy) is 2. The van der Waals surface area contributed by atoms with Gasteiger partial charge in [0.15, 0.2) is 6.29 Å². The van der Waals surface area contributed by atoms with Crippen LogP contribution >= 0.6 is 0 Å². The third-order valence-corrected chi connectivity index (χ3v) is 12.2. The van der Waals surface area contributed by atoms with Crippen LogP contribution in [-0.4, -0.2) is 87.5 Å². The van der Waals surface area contributed by atoms with Crippen LogP contribution in [-0.2, 0) is 14.3 Å². The number of unbranched alkanes of at least 4 members (excludes halogenated alkanes) is 22. The van der Waals surface area contributed by atoms with Gasteiger partial charge >= 0.3 is 0 Å². The number of hydrogen-bond donors (Lipinski definition) is 6. The van der Waals surface area contributed by atoms with Gasteiger partial charge in [0.05, 0.1) is 25.4 Å². The molecule has 380 valence electrons. The molecule has 1 rings (SSSR count). The quantitative estimate of drug-likeness (QED) is 0.0261. The zero-order valence-electron chi connectivity index (χ0n) is 41.9. The first kappa shape index (κ1) is 61.4. The van der Waals surface area contributed by atoms with Crippen LogP contribution in [0.3, 0.4) is 0 Å². The number of aliphatic hydroxyl groups is 5. The highest BCUT2D eigenvalue weighted by Gasteiger charge is 2.44. The average Bonchev–Trinajstić information content (AvgIpc) is 3.32. The fraction of sp³-hybridized carbons (Fsp3) is 0.737. The minimum atomic E-state index is -1.57. The first-order valence-electron chi connectivity index (χ1n) is 26.8. The van der Waals surface area contributed by atoms with E-state index >= 15 is 0 Å². The molecule has 1 fully saturated rings. The van der Waals surface area contributed by atoms with Crippen molar-refractivity contribution in [3.63, 3.8) is 0 Å². The summed E-state index contributed by atoms with van der Waals surface area (Å²) in [6.45, 7) is 3.63. The summed E-state index contributed by atoms with van der Waals surface area (Å²) in [4.78, 5) is 13.0. The minimum Gasteiger partial charge on any atom is -0.394 e. The molecule has 6 N–H and O–H groups in total. The molecule has 9 nitrogen and oxygen atoms in total. The van der Waals surface area contributed by atoms with Crippen LogP contribution in [0.2, 0.25) is 0 Å². The van der Waals surface area contributed by atoms with E-state index in [1.165, 1.54) is 122 Å². The Morgan fingerprint density at radius 1 is 0.530 bits per heavy atom. The lowest BCUT2D eigenvalue weighted by Gasteiger charge is -2.40. The molecule has 0 radical (unpaired) electrons. The number of nitrogens with one attached hydrogen (secondary N) is 1. The van der Waals surface area contributed by atoms with Gasteiger partial charge in [-0.25, -0.2) is 0 Å². The van der Waals surface area contributed by atoms with E-state index in [1.54, 1.807) is 6.08 Å². The maximum atomic E-state index is 13.0. The number of carbonyl (C=O) groups is 1. The average molecular weight is 926 g/mol. The van der Waals surface area contributed by atoms with Crippen LogP contribution in [0.4, 0.5) is 0 Å². The van der Waals surface area contributed by atoms with E-state index in [9.17, 15) is 30.3 Å². The lowest BCUT2D eigenvalue weighted by Crippen LogP contribution is -2.60. The normalized spacial score (nSPS) is 20.5. The smallest absolute Gasteiger partial charge is 0.220 e. The Morgan fingerprint density at radius 3 is 1.45 bits per heavy atom. The zero-order chi connectivity index (χ0) is 48.0. The monoisotopic (exact) mass is 926 g/mol. The van der Waals surface area contributed by atoms with Crippen molar-refractivity contribution >= 4 is 5.91 Å². The van der Waals surface area contributed by atoms with Gasteiger partial charge in [-0.15, -0.1) is 0 Å². The highest BCUT2D eigenvalue weighted by atomic mass is 16.7. The molecule has 1 heterocycles. The Hall–Kier alpha value is -2.63. The minimum absolute atomic E-state index is 0.192. The Morgan fingerprint density at radius 2 is 0.955 bits per heavy atom. The summed E-state index contributed by atoms with van der Waals surface area (Å²) >= 11 is 0. The van der Waals surface area contributed by atoms with Gasteiger partial charge in [-0.05, 0) is 77.0 Å². The molecule has 0 aromatic rings. The third kappa shape index (κ3) is 35.5. The van der Waals surface area contributed by atoms with Gasteiger partial charge in [-0.3, -0.25) is 4.79 Å². The van der Waals surface area contributed by atoms with Crippen LogP contribution < -0.4 is 5.32 Å². The topological polar surface area (TPSA) is 149 Å². The summed E-state index contributed by atoms with van der Waals surface area (Å²) in [6, 6.07) is -0.826. The van der Waals surface area contributed by atoms with Crippen molar-refractivity contribution in [1.29, 1.82) is 0 Å². The van der Waals surface area contributed by atoms with Crippen molar-refractivity contribution in [2.45, 2.75) is 256 Å². The Bertz CT molecular complexity index is 1300. The number of carbonyl (C=O) groups excluding carboxylic acids is 1. The maximum Gasteiger partial charge on any atom is 0.220 e. The molecule has 0 aromatic heterocycles. The van der Waals surface area contributed by atoms with E-state index in [4.69, 9.17) is 9.47 Å². The van der Waals surface area contributed by atoms with Crippen molar-refractivity contribution in [1.82, 2.24) is 5.32 Å². The molecule has 1 aliphatic rings. The van der Waals surface area contributed by atoms with Crippen LogP contribution in [0.25, 0.3) is 0 Å². The Labute approximate surface area is 403 Å². The lowest BCUT2D eigenvalue weighted by atomic mass is 9.99. The number of rotatable bonds is 44. The van der Waals surface area contributed by atoms with Gasteiger partial charge in [0.25, 0.3) is 0 Å². The summed E-state index contributed by atoms with van der Waals surface area (Å²) in [7, 11) is 0. The number of amides is 1. The van der Waals surface area contributed by atoms with Crippen LogP contribution in [0, 0.1) is 0 Å². The largest absolute Gasteiger partial charge is 0.394 e. The first-order chi connectivity index (χ1) is 32.3. The number of allylic oxidation sites excluding steroid dienone is 13. The van der Waals surface area contributed by atoms with Gasteiger partial charge in [0, 0.05) is 6.42 Å². The molecule has 66 heavy (non-hydrogen) atoms. The highest BCUT2D eigenvalue weighted by Crippen LogP contribution is 2.23. The zero-order valence-corrected chi connectivity index (χ0v) is 41.9. The molecule has 0 bridgehead atoms. The van der Waals surface area contributed by atoms with Crippen molar-refractivity contribution in [2.75, 3.05) is 13.2 Å². The summed E-state index contributed by atoms with van der Waals surface area (Å²) in [5.41, 5.74) is 0. The molecular formula is C57H99NO8. The van der Waals surface area contributed by atoms with Crippen molar-refractivity contribution < 1.29 is 39.8 Å². The summed E-state index contributed by atoms with van der Waals surface area (Å²) in [5, 5.41) is 54.3. The summed E-state index contributed by atoms with van der Waals surface area (Å²) in [5.74, 6) is -0.192. The van der Waals surface area contributed by atoms with E-state index in [-0.39, 0.29) is 12.5 Å². The molecule has 1 aliphatic heterocycles. The fourth-order valence-electron chi connectivity index (χ4n) is 7.96. The van der Waals surface area contributed by atoms with Crippen molar-refractivity contribution in [3.05, 3.63) is 85.1 Å². The van der Waals surface area contributed by atoms with E-state index in [0.717, 1.165) is 70.6 Å². The van der Waals surface area contributed by atoms with E-state index in [0.29, 0.717) is 6.42 Å². The molecule has 7 atom stereocenters. The van der Waals surface area contributed by atoms with Crippen molar-refractivity contribution in [2.24, 2.45) is 0 Å². The molecular weight excluding hydrogens is 827 g/mol. The van der Waals surface area contributed by atoms with E-state index in [2.05, 4.69) is 92.1 Å². The predicted octanol–water partition coefficient (Wildman–Crippen LogP) is 12.7. The van der Waals surface area contributed by atoms with Gasteiger partial charge in [0.1, 0.15) is 24.4 Å². The molecule has 0 saturated carbocycles. The molecule has 9 heteroatoms. The second kappa shape index (κ2) is 46.1. The van der Waals surface area contributed by atoms with Gasteiger partial charge in [-0.1, -0.05) is 214 Å². The third-order valence-electron chi connectivity index (χ3n) is 12.2. The van der Waals surface area contributed by atoms with Gasteiger partial charge < -0.3 is 40.3 Å². The molecule has 0 spiro atoms. The number of aliphatic hydroxyl groups excluding tert-OH is 5. The van der Waals surface area contributed by atoms with E-state index < -0.39 is 49.5 Å². The molecule has 0 aromatic carbocycles. The van der Waals surface area contributed by atoms with Gasteiger partial charge in [-0.2, -0.15) is 0 Å².